The molecule has 0 saturated heterocycles. The second-order valence-corrected chi connectivity index (χ2v) is 3.78. The van der Waals surface area contributed by atoms with Crippen molar-refractivity contribution in [3.63, 3.8) is 0 Å². The molecule has 0 spiro atoms. The number of nitrogens with zero attached hydrogens (tertiary/aromatic N) is 2. The fourth-order valence-corrected chi connectivity index (χ4v) is 1.33. The summed E-state index contributed by atoms with van der Waals surface area (Å²) in [5, 5.41) is 3.97. The highest BCUT2D eigenvalue weighted by molar-refractivity contribution is 5.98. The van der Waals surface area contributed by atoms with E-state index in [-0.39, 0.29) is 5.91 Å². The lowest BCUT2D eigenvalue weighted by molar-refractivity contribution is 0.0954. The van der Waals surface area contributed by atoms with Crippen LogP contribution in [0.25, 0.3) is 6.08 Å². The fourth-order valence-electron chi connectivity index (χ4n) is 1.33. The molecular weight excluding hydrogens is 242 g/mol. The SMILES string of the molecule is CC(/C=C\c1ccco1)=N/NC(=O)c1ccncc1. The van der Waals surface area contributed by atoms with Crippen molar-refractivity contribution in [1.82, 2.24) is 10.4 Å². The zero-order chi connectivity index (χ0) is 13.5. The van der Waals surface area contributed by atoms with Gasteiger partial charge in [0.1, 0.15) is 5.76 Å². The molecular formula is C14H13N3O2. The fraction of sp³-hybridized carbons (Fsp3) is 0.0714. The minimum Gasteiger partial charge on any atom is -0.465 e. The monoisotopic (exact) mass is 255 g/mol. The second-order valence-electron chi connectivity index (χ2n) is 3.78. The molecule has 0 aromatic carbocycles. The predicted molar refractivity (Wildman–Crippen MR) is 72.6 cm³/mol. The molecule has 5 heteroatoms. The molecule has 0 unspecified atom stereocenters. The number of hydrogen-bond acceptors (Lipinski definition) is 4. The number of amides is 1. The van der Waals surface area contributed by atoms with Crippen LogP contribution in [-0.2, 0) is 0 Å². The maximum absolute atomic E-state index is 11.7. The molecule has 0 atom stereocenters. The maximum Gasteiger partial charge on any atom is 0.271 e. The molecule has 0 radical (unpaired) electrons. The average molecular weight is 255 g/mol. The van der Waals surface area contributed by atoms with E-state index in [1.807, 2.05) is 6.07 Å². The molecule has 0 aliphatic rings. The number of hydrogen-bond donors (Lipinski definition) is 1. The first-order chi connectivity index (χ1) is 9.25. The Balaban J connectivity index is 1.93. The lowest BCUT2D eigenvalue weighted by Gasteiger charge is -1.99. The Morgan fingerprint density at radius 3 is 2.84 bits per heavy atom. The van der Waals surface area contributed by atoms with Gasteiger partial charge < -0.3 is 4.42 Å². The van der Waals surface area contributed by atoms with Gasteiger partial charge in [0, 0.05) is 18.0 Å². The molecule has 1 amide bonds. The Kier molecular flexibility index (Phi) is 4.23. The molecule has 2 aromatic heterocycles. The number of hydrazone groups is 1. The van der Waals surface area contributed by atoms with Crippen molar-refractivity contribution < 1.29 is 9.21 Å². The Hall–Kier alpha value is -2.69. The number of carbonyl (C=O) groups is 1. The Morgan fingerprint density at radius 2 is 2.16 bits per heavy atom. The number of pyridine rings is 1. The van der Waals surface area contributed by atoms with Crippen LogP contribution < -0.4 is 5.43 Å². The van der Waals surface area contributed by atoms with Gasteiger partial charge in [-0.3, -0.25) is 9.78 Å². The summed E-state index contributed by atoms with van der Waals surface area (Å²) in [5.74, 6) is 0.461. The van der Waals surface area contributed by atoms with Gasteiger partial charge in [0.15, 0.2) is 0 Å². The van der Waals surface area contributed by atoms with E-state index in [4.69, 9.17) is 4.42 Å². The largest absolute Gasteiger partial charge is 0.465 e. The summed E-state index contributed by atoms with van der Waals surface area (Å²) in [6, 6.07) is 6.88. The quantitative estimate of drug-likeness (QED) is 0.674. The molecule has 2 aromatic rings. The van der Waals surface area contributed by atoms with Gasteiger partial charge in [-0.15, -0.1) is 0 Å². The van der Waals surface area contributed by atoms with E-state index in [1.54, 1.807) is 55.9 Å². The summed E-state index contributed by atoms with van der Waals surface area (Å²) in [4.78, 5) is 15.5. The molecule has 96 valence electrons. The number of rotatable bonds is 4. The van der Waals surface area contributed by atoms with E-state index in [1.165, 1.54) is 0 Å². The first-order valence-electron chi connectivity index (χ1n) is 5.72. The molecule has 0 aliphatic heterocycles. The number of aromatic nitrogens is 1. The van der Waals surface area contributed by atoms with E-state index in [9.17, 15) is 4.79 Å². The van der Waals surface area contributed by atoms with Crippen molar-refractivity contribution in [1.29, 1.82) is 0 Å². The van der Waals surface area contributed by atoms with Crippen molar-refractivity contribution in [2.24, 2.45) is 5.10 Å². The van der Waals surface area contributed by atoms with Gasteiger partial charge in [-0.1, -0.05) is 0 Å². The zero-order valence-corrected chi connectivity index (χ0v) is 10.4. The zero-order valence-electron chi connectivity index (χ0n) is 10.4. The minimum atomic E-state index is -0.270. The number of furan rings is 1. The van der Waals surface area contributed by atoms with Crippen LogP contribution in [0.5, 0.6) is 0 Å². The Morgan fingerprint density at radius 1 is 1.37 bits per heavy atom. The van der Waals surface area contributed by atoms with Crippen molar-refractivity contribution in [3.8, 4) is 0 Å². The van der Waals surface area contributed by atoms with Gasteiger partial charge in [-0.25, -0.2) is 5.43 Å². The van der Waals surface area contributed by atoms with Crippen LogP contribution in [0.4, 0.5) is 0 Å². The second kappa shape index (κ2) is 6.30. The summed E-state index contributed by atoms with van der Waals surface area (Å²) >= 11 is 0. The number of carbonyl (C=O) groups excluding carboxylic acids is 1. The van der Waals surface area contributed by atoms with Crippen molar-refractivity contribution in [3.05, 3.63) is 60.3 Å². The van der Waals surface area contributed by atoms with Crippen LogP contribution in [-0.4, -0.2) is 16.6 Å². The molecule has 0 saturated carbocycles. The van der Waals surface area contributed by atoms with Gasteiger partial charge in [-0.05, 0) is 43.3 Å². The molecule has 19 heavy (non-hydrogen) atoms. The first-order valence-corrected chi connectivity index (χ1v) is 5.72. The van der Waals surface area contributed by atoms with Crippen molar-refractivity contribution in [2.45, 2.75) is 6.92 Å². The van der Waals surface area contributed by atoms with Crippen molar-refractivity contribution in [2.75, 3.05) is 0 Å². The highest BCUT2D eigenvalue weighted by Gasteiger charge is 2.02. The third kappa shape index (κ3) is 3.92. The van der Waals surface area contributed by atoms with Gasteiger partial charge in [0.05, 0.1) is 12.0 Å². The highest BCUT2D eigenvalue weighted by atomic mass is 16.3. The van der Waals surface area contributed by atoms with Crippen molar-refractivity contribution >= 4 is 17.7 Å². The van der Waals surface area contributed by atoms with E-state index in [0.29, 0.717) is 11.3 Å². The molecule has 1 N–H and O–H groups in total. The summed E-state index contributed by atoms with van der Waals surface area (Å²) in [6.45, 7) is 1.78. The highest BCUT2D eigenvalue weighted by Crippen LogP contribution is 2.02. The molecule has 2 heterocycles. The lowest BCUT2D eigenvalue weighted by Crippen LogP contribution is -2.18. The maximum atomic E-state index is 11.7. The molecule has 5 nitrogen and oxygen atoms in total. The standard InChI is InChI=1S/C14H13N3O2/c1-11(4-5-13-3-2-10-19-13)16-17-14(18)12-6-8-15-9-7-12/h2-10H,1H3,(H,17,18)/b5-4-,16-11-. The summed E-state index contributed by atoms with van der Waals surface area (Å²) in [5.41, 5.74) is 3.65. The normalized spacial score (nSPS) is 11.7. The lowest BCUT2D eigenvalue weighted by atomic mass is 10.3. The Bertz CT molecular complexity index is 586. The smallest absolute Gasteiger partial charge is 0.271 e. The van der Waals surface area contributed by atoms with E-state index < -0.39 is 0 Å². The predicted octanol–water partition coefficient (Wildman–Crippen LogP) is 2.49. The topological polar surface area (TPSA) is 67.5 Å². The molecule has 0 aliphatic carbocycles. The summed E-state index contributed by atoms with van der Waals surface area (Å²) in [6.07, 6.45) is 8.24. The van der Waals surface area contributed by atoms with Gasteiger partial charge in [0.25, 0.3) is 5.91 Å². The van der Waals surface area contributed by atoms with Crippen LogP contribution in [0.3, 0.4) is 0 Å². The summed E-state index contributed by atoms with van der Waals surface area (Å²) < 4.78 is 5.14. The first kappa shape index (κ1) is 12.8. The van der Waals surface area contributed by atoms with Crippen LogP contribution in [0.1, 0.15) is 23.0 Å². The average Bonchev–Trinajstić information content (AvgIpc) is 2.96. The molecule has 2 rings (SSSR count). The van der Waals surface area contributed by atoms with E-state index in [2.05, 4.69) is 15.5 Å². The number of nitrogens with one attached hydrogen (secondary N) is 1. The third-order valence-corrected chi connectivity index (χ3v) is 2.31. The van der Waals surface area contributed by atoms with Crippen LogP contribution in [0.15, 0.2) is 58.5 Å². The number of allylic oxidation sites excluding steroid dienone is 1. The van der Waals surface area contributed by atoms with E-state index >= 15 is 0 Å². The van der Waals surface area contributed by atoms with Crippen LogP contribution in [0, 0.1) is 0 Å². The van der Waals surface area contributed by atoms with Gasteiger partial charge in [0.2, 0.25) is 0 Å². The van der Waals surface area contributed by atoms with Gasteiger partial charge in [-0.2, -0.15) is 5.10 Å². The van der Waals surface area contributed by atoms with E-state index in [0.717, 1.165) is 5.76 Å². The molecule has 0 bridgehead atoms. The molecule has 0 fully saturated rings. The minimum absolute atomic E-state index is 0.270. The summed E-state index contributed by atoms with van der Waals surface area (Å²) in [7, 11) is 0. The third-order valence-electron chi connectivity index (χ3n) is 2.31. The van der Waals surface area contributed by atoms with Crippen LogP contribution in [0.2, 0.25) is 0 Å². The van der Waals surface area contributed by atoms with Gasteiger partial charge >= 0.3 is 0 Å². The van der Waals surface area contributed by atoms with Crippen LogP contribution >= 0.6 is 0 Å². The Labute approximate surface area is 110 Å².